The molecule has 8 N–H and O–H groups in total. The molecular formula is C20H36N4O8. The maximum Gasteiger partial charge on any atom is 0.328 e. The van der Waals surface area contributed by atoms with Gasteiger partial charge in [0.05, 0.1) is 12.6 Å². The van der Waals surface area contributed by atoms with Crippen LogP contribution >= 0.6 is 0 Å². The summed E-state index contributed by atoms with van der Waals surface area (Å²) in [7, 11) is 0. The van der Waals surface area contributed by atoms with E-state index in [1.54, 1.807) is 6.92 Å². The quantitative estimate of drug-likeness (QED) is 0.156. The summed E-state index contributed by atoms with van der Waals surface area (Å²) in [5, 5.41) is 34.0. The van der Waals surface area contributed by atoms with E-state index in [1.165, 1.54) is 0 Å². The Balaban J connectivity index is 5.52. The molecule has 0 aromatic rings. The first-order valence-electron chi connectivity index (χ1n) is 10.6. The van der Waals surface area contributed by atoms with Gasteiger partial charge in [0.2, 0.25) is 17.7 Å². The lowest BCUT2D eigenvalue weighted by atomic mass is 9.97. The van der Waals surface area contributed by atoms with E-state index in [0.717, 1.165) is 0 Å². The molecule has 0 heterocycles. The molecule has 0 saturated heterocycles. The Morgan fingerprint density at radius 3 is 1.78 bits per heavy atom. The van der Waals surface area contributed by atoms with Crippen LogP contribution in [0.15, 0.2) is 0 Å². The van der Waals surface area contributed by atoms with Gasteiger partial charge in [0, 0.05) is 6.42 Å². The van der Waals surface area contributed by atoms with Crippen LogP contribution in [-0.4, -0.2) is 75.8 Å². The van der Waals surface area contributed by atoms with Crippen molar-refractivity contribution in [1.82, 2.24) is 16.0 Å². The first-order valence-corrected chi connectivity index (χ1v) is 10.6. The Labute approximate surface area is 187 Å². The van der Waals surface area contributed by atoms with Gasteiger partial charge in [0.25, 0.3) is 0 Å². The third kappa shape index (κ3) is 10.5. The number of hydrogen-bond acceptors (Lipinski definition) is 7. The fourth-order valence-corrected chi connectivity index (χ4v) is 2.75. The Hall–Kier alpha value is -2.73. The minimum Gasteiger partial charge on any atom is -0.481 e. The first-order chi connectivity index (χ1) is 14.8. The molecule has 0 fully saturated rings. The highest BCUT2D eigenvalue weighted by Gasteiger charge is 2.31. The van der Waals surface area contributed by atoms with Crippen LogP contribution in [0.4, 0.5) is 0 Å². The Bertz CT molecular complexity index is 670. The second-order valence-electron chi connectivity index (χ2n) is 8.18. The molecule has 0 bridgehead atoms. The van der Waals surface area contributed by atoms with E-state index in [1.807, 2.05) is 20.8 Å². The van der Waals surface area contributed by atoms with Crippen LogP contribution in [0, 0.1) is 11.8 Å². The van der Waals surface area contributed by atoms with Crippen LogP contribution in [0.3, 0.4) is 0 Å². The van der Waals surface area contributed by atoms with Gasteiger partial charge in [-0.1, -0.05) is 34.1 Å². The number of rotatable bonds is 15. The van der Waals surface area contributed by atoms with E-state index in [-0.39, 0.29) is 24.7 Å². The zero-order valence-corrected chi connectivity index (χ0v) is 19.0. The number of carboxylic acid groups (broad SMARTS) is 2. The molecule has 0 spiro atoms. The SMILES string of the molecule is CCC(C)C(N)C(=O)NC(CC(C)C)C(=O)NC(CCC(=O)O)C(=O)NC(CO)C(=O)O. The molecule has 5 atom stereocenters. The van der Waals surface area contributed by atoms with Crippen LogP contribution < -0.4 is 21.7 Å². The second kappa shape index (κ2) is 14.4. The van der Waals surface area contributed by atoms with Gasteiger partial charge in [-0.2, -0.15) is 0 Å². The third-order valence-corrected chi connectivity index (χ3v) is 4.98. The van der Waals surface area contributed by atoms with Crippen molar-refractivity contribution in [3.63, 3.8) is 0 Å². The standard InChI is InChI=1S/C20H36N4O8/c1-5-11(4)16(21)19(30)23-13(8-10(2)3)18(29)22-12(6-7-15(26)27)17(28)24-14(9-25)20(31)32/h10-14,16,25H,5-9,21H2,1-4H3,(H,22,29)(H,23,30)(H,24,28)(H,26,27)(H,31,32). The molecule has 32 heavy (non-hydrogen) atoms. The van der Waals surface area contributed by atoms with Crippen LogP contribution in [0.2, 0.25) is 0 Å². The van der Waals surface area contributed by atoms with E-state index >= 15 is 0 Å². The molecule has 0 aliphatic heterocycles. The molecule has 184 valence electrons. The number of hydrogen-bond donors (Lipinski definition) is 7. The van der Waals surface area contributed by atoms with Gasteiger partial charge in [-0.3, -0.25) is 19.2 Å². The van der Waals surface area contributed by atoms with Gasteiger partial charge in [-0.25, -0.2) is 4.79 Å². The van der Waals surface area contributed by atoms with Crippen molar-refractivity contribution in [3.8, 4) is 0 Å². The van der Waals surface area contributed by atoms with Crippen LogP contribution in [-0.2, 0) is 24.0 Å². The molecular weight excluding hydrogens is 424 g/mol. The number of aliphatic carboxylic acids is 2. The van der Waals surface area contributed by atoms with Crippen molar-refractivity contribution in [2.24, 2.45) is 17.6 Å². The Morgan fingerprint density at radius 1 is 0.844 bits per heavy atom. The van der Waals surface area contributed by atoms with Gasteiger partial charge in [-0.15, -0.1) is 0 Å². The second-order valence-corrected chi connectivity index (χ2v) is 8.18. The van der Waals surface area contributed by atoms with Gasteiger partial charge in [0.1, 0.15) is 18.1 Å². The molecule has 0 aliphatic rings. The molecule has 0 aromatic heterocycles. The lowest BCUT2D eigenvalue weighted by molar-refractivity contribution is -0.144. The summed E-state index contributed by atoms with van der Waals surface area (Å²) in [5.74, 6) is -5.08. The number of aliphatic hydroxyl groups is 1. The molecule has 0 aromatic carbocycles. The summed E-state index contributed by atoms with van der Waals surface area (Å²) in [6, 6.07) is -4.88. The number of aliphatic hydroxyl groups excluding tert-OH is 1. The average molecular weight is 461 g/mol. The number of nitrogens with two attached hydrogens (primary N) is 1. The molecule has 3 amide bonds. The van der Waals surface area contributed by atoms with E-state index < -0.39 is 66.9 Å². The van der Waals surface area contributed by atoms with Gasteiger partial charge in [-0.05, 0) is 24.7 Å². The van der Waals surface area contributed by atoms with Crippen molar-refractivity contribution in [2.75, 3.05) is 6.61 Å². The molecule has 12 heteroatoms. The Morgan fingerprint density at radius 2 is 1.34 bits per heavy atom. The molecule has 0 rings (SSSR count). The summed E-state index contributed by atoms with van der Waals surface area (Å²) in [6.45, 7) is 6.44. The molecule has 5 unspecified atom stereocenters. The summed E-state index contributed by atoms with van der Waals surface area (Å²) >= 11 is 0. The largest absolute Gasteiger partial charge is 0.481 e. The number of carboxylic acids is 2. The van der Waals surface area contributed by atoms with E-state index in [2.05, 4.69) is 16.0 Å². The van der Waals surface area contributed by atoms with E-state index in [9.17, 15) is 24.0 Å². The van der Waals surface area contributed by atoms with Crippen molar-refractivity contribution in [2.45, 2.75) is 77.5 Å². The lowest BCUT2D eigenvalue weighted by Crippen LogP contribution is -2.58. The highest BCUT2D eigenvalue weighted by molar-refractivity contribution is 5.94. The normalized spacial score (nSPS) is 15.7. The Kier molecular flexibility index (Phi) is 13.1. The van der Waals surface area contributed by atoms with E-state index in [4.69, 9.17) is 21.1 Å². The predicted molar refractivity (Wildman–Crippen MR) is 114 cm³/mol. The number of amides is 3. The number of nitrogens with one attached hydrogen (secondary N) is 3. The topological polar surface area (TPSA) is 208 Å². The fourth-order valence-electron chi connectivity index (χ4n) is 2.75. The highest BCUT2D eigenvalue weighted by atomic mass is 16.4. The van der Waals surface area contributed by atoms with Crippen molar-refractivity contribution < 1.29 is 39.3 Å². The summed E-state index contributed by atoms with van der Waals surface area (Å²) in [5.41, 5.74) is 5.93. The van der Waals surface area contributed by atoms with Gasteiger partial charge < -0.3 is 37.0 Å². The molecule has 0 radical (unpaired) electrons. The van der Waals surface area contributed by atoms with Crippen LogP contribution in [0.1, 0.15) is 53.4 Å². The van der Waals surface area contributed by atoms with Crippen LogP contribution in [0.25, 0.3) is 0 Å². The van der Waals surface area contributed by atoms with Gasteiger partial charge >= 0.3 is 11.9 Å². The van der Waals surface area contributed by atoms with Crippen LogP contribution in [0.5, 0.6) is 0 Å². The number of carbonyl (C=O) groups excluding carboxylic acids is 3. The highest BCUT2D eigenvalue weighted by Crippen LogP contribution is 2.10. The summed E-state index contributed by atoms with van der Waals surface area (Å²) < 4.78 is 0. The summed E-state index contributed by atoms with van der Waals surface area (Å²) in [4.78, 5) is 59.8. The molecule has 0 saturated carbocycles. The molecule has 0 aliphatic carbocycles. The number of carbonyl (C=O) groups is 5. The van der Waals surface area contributed by atoms with Crippen molar-refractivity contribution in [1.29, 1.82) is 0 Å². The zero-order valence-electron chi connectivity index (χ0n) is 19.0. The third-order valence-electron chi connectivity index (χ3n) is 4.98. The maximum absolute atomic E-state index is 12.9. The summed E-state index contributed by atoms with van der Waals surface area (Å²) in [6.07, 6.45) is 0.0872. The van der Waals surface area contributed by atoms with Crippen molar-refractivity contribution in [3.05, 3.63) is 0 Å². The smallest absolute Gasteiger partial charge is 0.328 e. The zero-order chi connectivity index (χ0) is 25.0. The lowest BCUT2D eigenvalue weighted by Gasteiger charge is -2.26. The van der Waals surface area contributed by atoms with E-state index in [0.29, 0.717) is 6.42 Å². The van der Waals surface area contributed by atoms with Crippen molar-refractivity contribution >= 4 is 29.7 Å². The minimum atomic E-state index is -1.62. The maximum atomic E-state index is 12.9. The predicted octanol–water partition coefficient (Wildman–Crippen LogP) is -1.20. The molecule has 12 nitrogen and oxygen atoms in total. The average Bonchev–Trinajstić information content (AvgIpc) is 2.71. The first kappa shape index (κ1) is 29.3. The monoisotopic (exact) mass is 460 g/mol. The fraction of sp³-hybridized carbons (Fsp3) is 0.750. The van der Waals surface area contributed by atoms with Gasteiger partial charge in [0.15, 0.2) is 0 Å². The minimum absolute atomic E-state index is 0.0112.